The molecule has 0 unspecified atom stereocenters. The Hall–Kier alpha value is -0.963. The van der Waals surface area contributed by atoms with Gasteiger partial charge in [-0.3, -0.25) is 0 Å². The molecular weight excluding hydrogens is 175 g/mol. The zero-order chi connectivity index (χ0) is 10.7. The third-order valence-corrected chi connectivity index (χ3v) is 2.87. The van der Waals surface area contributed by atoms with Crippen LogP contribution in [-0.4, -0.2) is 17.7 Å². The first-order chi connectivity index (χ1) is 7.27. The summed E-state index contributed by atoms with van der Waals surface area (Å²) in [7, 11) is 0. The Kier molecular flexibility index (Phi) is 3.31. The minimum absolute atomic E-state index is 1.04. The molecule has 0 aliphatic rings. The van der Waals surface area contributed by atoms with Crippen molar-refractivity contribution in [2.24, 2.45) is 0 Å². The molecule has 0 N–H and O–H groups in total. The molecule has 0 amide bonds. The van der Waals surface area contributed by atoms with Crippen molar-refractivity contribution >= 4 is 22.0 Å². The molecule has 2 rings (SSSR count). The van der Waals surface area contributed by atoms with Gasteiger partial charge in [0.1, 0.15) is 0 Å². The molecule has 0 aromatic heterocycles. The third-order valence-electron chi connectivity index (χ3n) is 2.87. The van der Waals surface area contributed by atoms with E-state index < -0.39 is 0 Å². The third kappa shape index (κ3) is 2.53. The van der Waals surface area contributed by atoms with Crippen LogP contribution in [0, 0.1) is 6.92 Å². The second-order valence-electron chi connectivity index (χ2n) is 4.03. The van der Waals surface area contributed by atoms with Crippen LogP contribution in [0.3, 0.4) is 0 Å². The van der Waals surface area contributed by atoms with E-state index >= 15 is 0 Å². The molecule has 0 heterocycles. The van der Waals surface area contributed by atoms with Crippen molar-refractivity contribution in [2.45, 2.75) is 13.3 Å². The quantitative estimate of drug-likeness (QED) is 0.635. The Labute approximate surface area is 101 Å². The van der Waals surface area contributed by atoms with Gasteiger partial charge in [-0.2, -0.15) is 0 Å². The van der Waals surface area contributed by atoms with Crippen LogP contribution in [0.4, 0.5) is 0 Å². The number of rotatable bonds is 2. The van der Waals surface area contributed by atoms with Crippen molar-refractivity contribution < 1.29 is 0 Å². The fourth-order valence-electron chi connectivity index (χ4n) is 1.93. The van der Waals surface area contributed by atoms with Crippen LogP contribution >= 0.6 is 0 Å². The van der Waals surface area contributed by atoms with Gasteiger partial charge < -0.3 is 0 Å². The first-order valence-corrected chi connectivity index (χ1v) is 5.36. The van der Waals surface area contributed by atoms with Crippen LogP contribution in [0.15, 0.2) is 48.5 Å². The predicted octanol–water partition coefficient (Wildman–Crippen LogP) is 2.38. The number of aryl methyl sites for hydroxylation is 1. The second kappa shape index (κ2) is 4.71. The molecule has 0 bridgehead atoms. The Morgan fingerprint density at radius 2 is 1.67 bits per heavy atom. The molecule has 0 saturated carbocycles. The fourth-order valence-corrected chi connectivity index (χ4v) is 1.93. The topological polar surface area (TPSA) is 0 Å². The summed E-state index contributed by atoms with van der Waals surface area (Å²) < 4.78 is 1.39. The predicted molar refractivity (Wildman–Crippen MR) is 65.8 cm³/mol. The molecule has 0 saturated heterocycles. The SMILES string of the molecule is [Li][c]1cccc(C)c1Cc1ccccc1. The molecule has 0 spiro atoms. The van der Waals surface area contributed by atoms with E-state index in [0.29, 0.717) is 0 Å². The average molecular weight is 188 g/mol. The maximum absolute atomic E-state index is 2.19. The Morgan fingerprint density at radius 3 is 2.33 bits per heavy atom. The molecule has 2 aromatic carbocycles. The average Bonchev–Trinajstić information content (AvgIpc) is 2.25. The normalized spacial score (nSPS) is 10.3. The van der Waals surface area contributed by atoms with E-state index in [1.54, 1.807) is 0 Å². The van der Waals surface area contributed by atoms with Crippen LogP contribution in [-0.2, 0) is 6.42 Å². The van der Waals surface area contributed by atoms with Gasteiger partial charge in [0.15, 0.2) is 0 Å². The summed E-state index contributed by atoms with van der Waals surface area (Å²) in [6.45, 7) is 2.19. The summed E-state index contributed by atoms with van der Waals surface area (Å²) in [5, 5.41) is 0. The monoisotopic (exact) mass is 188 g/mol. The first kappa shape index (κ1) is 10.6. The van der Waals surface area contributed by atoms with Gasteiger partial charge in [0, 0.05) is 0 Å². The summed E-state index contributed by atoms with van der Waals surface area (Å²) in [5.74, 6) is 0. The summed E-state index contributed by atoms with van der Waals surface area (Å²) in [6, 6.07) is 17.1. The van der Waals surface area contributed by atoms with Gasteiger partial charge in [0.2, 0.25) is 0 Å². The van der Waals surface area contributed by atoms with E-state index in [1.165, 1.54) is 20.9 Å². The molecule has 0 nitrogen and oxygen atoms in total. The van der Waals surface area contributed by atoms with E-state index in [2.05, 4.69) is 73.2 Å². The Balaban J connectivity index is 2.32. The van der Waals surface area contributed by atoms with Gasteiger partial charge in [-0.1, -0.05) is 0 Å². The van der Waals surface area contributed by atoms with E-state index in [1.807, 2.05) is 0 Å². The molecule has 0 fully saturated rings. The van der Waals surface area contributed by atoms with Crippen LogP contribution < -0.4 is 4.24 Å². The van der Waals surface area contributed by atoms with Gasteiger partial charge in [0.25, 0.3) is 0 Å². The zero-order valence-corrected chi connectivity index (χ0v) is 9.33. The summed E-state index contributed by atoms with van der Waals surface area (Å²) >= 11 is 2.19. The summed E-state index contributed by atoms with van der Waals surface area (Å²) in [4.78, 5) is 0. The Morgan fingerprint density at radius 1 is 0.933 bits per heavy atom. The van der Waals surface area contributed by atoms with E-state index in [9.17, 15) is 0 Å². The van der Waals surface area contributed by atoms with Crippen molar-refractivity contribution in [3.05, 3.63) is 65.2 Å². The van der Waals surface area contributed by atoms with Crippen molar-refractivity contribution in [1.82, 2.24) is 0 Å². The molecule has 2 aromatic rings. The van der Waals surface area contributed by atoms with Gasteiger partial charge in [0.05, 0.1) is 0 Å². The molecule has 1 heteroatoms. The van der Waals surface area contributed by atoms with Crippen LogP contribution in [0.5, 0.6) is 0 Å². The Bertz CT molecular complexity index is 426. The maximum atomic E-state index is 2.19. The first-order valence-electron chi connectivity index (χ1n) is 5.36. The van der Waals surface area contributed by atoms with Crippen LogP contribution in [0.1, 0.15) is 16.7 Å². The van der Waals surface area contributed by atoms with Crippen LogP contribution in [0.2, 0.25) is 0 Å². The molecule has 15 heavy (non-hydrogen) atoms. The van der Waals surface area contributed by atoms with E-state index in [-0.39, 0.29) is 0 Å². The standard InChI is InChI=1S/C14H13.Li/c1-12-7-5-6-10-14(12)11-13-8-3-2-4-9-13;/h2-9H,11H2,1H3;. The van der Waals surface area contributed by atoms with Crippen LogP contribution in [0.25, 0.3) is 0 Å². The van der Waals surface area contributed by atoms with Crippen molar-refractivity contribution in [1.29, 1.82) is 0 Å². The van der Waals surface area contributed by atoms with Crippen molar-refractivity contribution in [3.63, 3.8) is 0 Å². The summed E-state index contributed by atoms with van der Waals surface area (Å²) in [6.07, 6.45) is 1.04. The summed E-state index contributed by atoms with van der Waals surface area (Å²) in [5.41, 5.74) is 4.23. The van der Waals surface area contributed by atoms with Gasteiger partial charge in [-0.05, 0) is 0 Å². The minimum atomic E-state index is 1.04. The molecular formula is C14H13Li. The van der Waals surface area contributed by atoms with Gasteiger partial charge in [-0.25, -0.2) is 0 Å². The zero-order valence-electron chi connectivity index (χ0n) is 9.33. The fraction of sp³-hybridized carbons (Fsp3) is 0.143. The molecule has 0 aliphatic carbocycles. The molecule has 70 valence electrons. The van der Waals surface area contributed by atoms with Crippen molar-refractivity contribution in [3.8, 4) is 0 Å². The molecule has 0 aliphatic heterocycles. The van der Waals surface area contributed by atoms with Crippen molar-refractivity contribution in [2.75, 3.05) is 0 Å². The molecule has 0 atom stereocenters. The number of hydrogen-bond donors (Lipinski definition) is 0. The second-order valence-corrected chi connectivity index (χ2v) is 4.03. The van der Waals surface area contributed by atoms with E-state index in [0.717, 1.165) is 6.42 Å². The number of benzene rings is 2. The van der Waals surface area contributed by atoms with Gasteiger partial charge in [-0.15, -0.1) is 0 Å². The van der Waals surface area contributed by atoms with Gasteiger partial charge >= 0.3 is 101 Å². The van der Waals surface area contributed by atoms with E-state index in [4.69, 9.17) is 0 Å². The molecule has 0 radical (unpaired) electrons. The number of hydrogen-bond acceptors (Lipinski definition) is 0.